The van der Waals surface area contributed by atoms with Gasteiger partial charge in [-0.3, -0.25) is 14.4 Å². The van der Waals surface area contributed by atoms with Crippen molar-refractivity contribution in [2.45, 2.75) is 19.0 Å². The molecule has 11 nitrogen and oxygen atoms in total. The molecule has 1 atom stereocenters. The number of carbonyl (C=O) groups excluding carboxylic acids is 4. The van der Waals surface area contributed by atoms with Crippen LogP contribution in [-0.2, 0) is 20.9 Å². The van der Waals surface area contributed by atoms with Crippen LogP contribution in [0.1, 0.15) is 29.5 Å². The number of rotatable bonds is 7. The van der Waals surface area contributed by atoms with Crippen LogP contribution in [0.2, 0.25) is 0 Å². The van der Waals surface area contributed by atoms with Gasteiger partial charge < -0.3 is 13.6 Å². The Kier molecular flexibility index (Phi) is 5.65. The maximum Gasteiger partial charge on any atom is 0.335 e. The standard InChI is InChI=1S/C24H20N4O7/c1-33-16-8-6-15(7-9-16)18-12-19(20-5-3-11-35-20)28(25-18)21(29)14-27-23(31)22(30)26(24(27)32)13-17-4-2-10-34-17/h2-11,19H,12-14H2,1H3/t19-/m1/s1. The lowest BCUT2D eigenvalue weighted by molar-refractivity contribution is -0.145. The van der Waals surface area contributed by atoms with E-state index in [0.717, 1.165) is 10.5 Å². The van der Waals surface area contributed by atoms with Crippen molar-refractivity contribution in [1.29, 1.82) is 0 Å². The minimum absolute atomic E-state index is 0.209. The summed E-state index contributed by atoms with van der Waals surface area (Å²) < 4.78 is 15.9. The maximum absolute atomic E-state index is 13.3. The number of ether oxygens (including phenoxy) is 1. The van der Waals surface area contributed by atoms with Gasteiger partial charge in [0, 0.05) is 6.42 Å². The molecule has 1 aromatic carbocycles. The summed E-state index contributed by atoms with van der Waals surface area (Å²) in [6.45, 7) is -0.853. The van der Waals surface area contributed by atoms with E-state index >= 15 is 0 Å². The average molecular weight is 476 g/mol. The summed E-state index contributed by atoms with van der Waals surface area (Å²) in [4.78, 5) is 52.3. The fraction of sp³-hybridized carbons (Fsp3) is 0.208. The highest BCUT2D eigenvalue weighted by molar-refractivity contribution is 6.44. The van der Waals surface area contributed by atoms with Crippen LogP contribution in [0.15, 0.2) is 75.0 Å². The Bertz CT molecular complexity index is 1300. The van der Waals surface area contributed by atoms with E-state index in [1.54, 1.807) is 43.5 Å². The van der Waals surface area contributed by atoms with Gasteiger partial charge in [0.15, 0.2) is 0 Å². The third-order valence-corrected chi connectivity index (χ3v) is 5.78. The lowest BCUT2D eigenvalue weighted by Gasteiger charge is -2.22. The Balaban J connectivity index is 1.37. The molecule has 0 radical (unpaired) electrons. The summed E-state index contributed by atoms with van der Waals surface area (Å²) in [5.74, 6) is -1.23. The van der Waals surface area contributed by atoms with Gasteiger partial charge >= 0.3 is 17.8 Å². The van der Waals surface area contributed by atoms with Crippen LogP contribution in [0.4, 0.5) is 4.79 Å². The zero-order valence-electron chi connectivity index (χ0n) is 18.6. The van der Waals surface area contributed by atoms with Crippen LogP contribution in [0.5, 0.6) is 5.75 Å². The highest BCUT2D eigenvalue weighted by atomic mass is 16.5. The lowest BCUT2D eigenvalue weighted by Crippen LogP contribution is -2.41. The number of imide groups is 2. The van der Waals surface area contributed by atoms with E-state index in [4.69, 9.17) is 13.6 Å². The second-order valence-corrected chi connectivity index (χ2v) is 7.89. The van der Waals surface area contributed by atoms with Crippen LogP contribution in [0.3, 0.4) is 0 Å². The van der Waals surface area contributed by atoms with Gasteiger partial charge in [0.05, 0.1) is 31.9 Å². The number of methoxy groups -OCH3 is 1. The van der Waals surface area contributed by atoms with Crippen LogP contribution < -0.4 is 4.74 Å². The van der Waals surface area contributed by atoms with Gasteiger partial charge in [-0.1, -0.05) is 0 Å². The van der Waals surface area contributed by atoms with Crippen molar-refractivity contribution in [1.82, 2.24) is 14.8 Å². The Labute approximate surface area is 199 Å². The summed E-state index contributed by atoms with van der Waals surface area (Å²) in [6, 6.07) is 12.3. The highest BCUT2D eigenvalue weighted by Gasteiger charge is 2.47. The van der Waals surface area contributed by atoms with Crippen molar-refractivity contribution in [3.63, 3.8) is 0 Å². The van der Waals surface area contributed by atoms with E-state index in [1.165, 1.54) is 17.5 Å². The van der Waals surface area contributed by atoms with Crippen molar-refractivity contribution >= 4 is 29.5 Å². The number of hydrogen-bond donors (Lipinski definition) is 0. The highest BCUT2D eigenvalue weighted by Crippen LogP contribution is 2.33. The van der Waals surface area contributed by atoms with Gasteiger partial charge in [-0.05, 0) is 54.1 Å². The van der Waals surface area contributed by atoms with Crippen LogP contribution >= 0.6 is 0 Å². The van der Waals surface area contributed by atoms with Gasteiger partial charge in [-0.25, -0.2) is 19.6 Å². The van der Waals surface area contributed by atoms with E-state index in [0.29, 0.717) is 34.3 Å². The van der Waals surface area contributed by atoms with E-state index in [2.05, 4.69) is 5.10 Å². The zero-order valence-corrected chi connectivity index (χ0v) is 18.6. The molecule has 0 spiro atoms. The molecular weight excluding hydrogens is 456 g/mol. The van der Waals surface area contributed by atoms with Crippen molar-refractivity contribution in [2.75, 3.05) is 13.7 Å². The molecule has 5 amide bonds. The normalized spacial score (nSPS) is 18.0. The summed E-state index contributed by atoms with van der Waals surface area (Å²) in [5, 5.41) is 5.67. The number of benzene rings is 1. The summed E-state index contributed by atoms with van der Waals surface area (Å²) >= 11 is 0. The number of nitrogens with zero attached hydrogens (tertiary/aromatic N) is 4. The van der Waals surface area contributed by atoms with Crippen molar-refractivity contribution < 1.29 is 32.7 Å². The second-order valence-electron chi connectivity index (χ2n) is 7.89. The fourth-order valence-corrected chi connectivity index (χ4v) is 4.00. The molecule has 0 aliphatic carbocycles. The van der Waals surface area contributed by atoms with Crippen LogP contribution in [-0.4, -0.2) is 57.9 Å². The quantitative estimate of drug-likeness (QED) is 0.379. The van der Waals surface area contributed by atoms with E-state index in [1.807, 2.05) is 12.1 Å². The third kappa shape index (κ3) is 4.07. The zero-order chi connectivity index (χ0) is 24.5. The molecule has 1 fully saturated rings. The summed E-state index contributed by atoms with van der Waals surface area (Å²) in [6.07, 6.45) is 3.24. The molecule has 0 unspecified atom stereocenters. The van der Waals surface area contributed by atoms with E-state index < -0.39 is 36.3 Å². The van der Waals surface area contributed by atoms with Gasteiger partial charge in [0.2, 0.25) is 0 Å². The third-order valence-electron chi connectivity index (χ3n) is 5.78. The van der Waals surface area contributed by atoms with Gasteiger partial charge in [-0.15, -0.1) is 0 Å². The molecule has 1 saturated heterocycles. The first kappa shape index (κ1) is 22.1. The maximum atomic E-state index is 13.3. The fourth-order valence-electron chi connectivity index (χ4n) is 4.00. The molecule has 0 N–H and O–H groups in total. The van der Waals surface area contributed by atoms with E-state index in [-0.39, 0.29) is 6.54 Å². The molecule has 35 heavy (non-hydrogen) atoms. The SMILES string of the molecule is COc1ccc(C2=NN(C(=O)CN3C(=O)C(=O)N(Cc4ccco4)C3=O)[C@@H](c3ccco3)C2)cc1. The molecule has 2 aromatic heterocycles. The largest absolute Gasteiger partial charge is 0.497 e. The molecular formula is C24H20N4O7. The first-order valence-electron chi connectivity index (χ1n) is 10.7. The predicted octanol–water partition coefficient (Wildman–Crippen LogP) is 2.55. The smallest absolute Gasteiger partial charge is 0.335 e. The van der Waals surface area contributed by atoms with Crippen molar-refractivity contribution in [3.05, 3.63) is 78.1 Å². The van der Waals surface area contributed by atoms with Crippen LogP contribution in [0.25, 0.3) is 0 Å². The van der Waals surface area contributed by atoms with Gasteiger partial charge in [0.25, 0.3) is 5.91 Å². The Morgan fingerprint density at radius 1 is 1.00 bits per heavy atom. The molecule has 0 bridgehead atoms. The summed E-state index contributed by atoms with van der Waals surface area (Å²) in [7, 11) is 1.57. The Morgan fingerprint density at radius 3 is 2.37 bits per heavy atom. The first-order valence-corrected chi connectivity index (χ1v) is 10.7. The Morgan fingerprint density at radius 2 is 1.71 bits per heavy atom. The number of furan rings is 2. The first-order chi connectivity index (χ1) is 17.0. The number of carbonyl (C=O) groups is 4. The molecule has 11 heteroatoms. The van der Waals surface area contributed by atoms with Crippen molar-refractivity contribution in [2.24, 2.45) is 5.10 Å². The molecule has 5 rings (SSSR count). The lowest BCUT2D eigenvalue weighted by atomic mass is 10.0. The van der Waals surface area contributed by atoms with E-state index in [9.17, 15) is 19.2 Å². The number of amides is 5. The van der Waals surface area contributed by atoms with Crippen molar-refractivity contribution in [3.8, 4) is 5.75 Å². The minimum Gasteiger partial charge on any atom is -0.497 e. The number of urea groups is 1. The molecule has 0 saturated carbocycles. The molecule has 3 aromatic rings. The molecule has 2 aliphatic rings. The Hall–Kier alpha value is -4.67. The number of hydrazone groups is 1. The molecule has 178 valence electrons. The average Bonchev–Trinajstić information content (AvgIpc) is 3.67. The minimum atomic E-state index is -1.08. The second kappa shape index (κ2) is 8.93. The summed E-state index contributed by atoms with van der Waals surface area (Å²) in [5.41, 5.74) is 1.41. The van der Waals surface area contributed by atoms with Crippen LogP contribution in [0, 0.1) is 0 Å². The predicted molar refractivity (Wildman–Crippen MR) is 119 cm³/mol. The monoisotopic (exact) mass is 476 g/mol. The van der Waals surface area contributed by atoms with Gasteiger partial charge in [0.1, 0.15) is 29.9 Å². The number of hydrogen-bond acceptors (Lipinski definition) is 8. The van der Waals surface area contributed by atoms with Gasteiger partial charge in [-0.2, -0.15) is 5.10 Å². The molecule has 2 aliphatic heterocycles. The molecule has 4 heterocycles. The topological polar surface area (TPSA) is 126 Å².